The van der Waals surface area contributed by atoms with Gasteiger partial charge in [-0.2, -0.15) is 0 Å². The molecule has 2 saturated heterocycles. The summed E-state index contributed by atoms with van der Waals surface area (Å²) in [5.74, 6) is 0.539. The third kappa shape index (κ3) is 3.50. The molecule has 0 aromatic heterocycles. The average Bonchev–Trinajstić information content (AvgIpc) is 2.64. The van der Waals surface area contributed by atoms with Crippen LogP contribution in [-0.2, 0) is 0 Å². The Hall–Kier alpha value is -0.120. The van der Waals surface area contributed by atoms with Gasteiger partial charge in [-0.05, 0) is 38.1 Å². The van der Waals surface area contributed by atoms with Gasteiger partial charge in [0.15, 0.2) is 0 Å². The lowest BCUT2D eigenvalue weighted by Crippen LogP contribution is -2.55. The van der Waals surface area contributed by atoms with Gasteiger partial charge < -0.3 is 10.0 Å². The Bertz CT molecular complexity index is 284. The quantitative estimate of drug-likeness (QED) is 0.775. The monoisotopic (exact) mass is 266 g/mol. The smallest absolute Gasteiger partial charge is 0.0580 e. The number of aliphatic hydroxyl groups is 1. The second kappa shape index (κ2) is 6.55. The molecule has 2 aliphatic heterocycles. The van der Waals surface area contributed by atoms with E-state index in [0.29, 0.717) is 5.92 Å². The maximum Gasteiger partial charge on any atom is 0.0580 e. The van der Waals surface area contributed by atoms with Crippen LogP contribution >= 0.6 is 0 Å². The lowest BCUT2D eigenvalue weighted by atomic mass is 9.94. The highest BCUT2D eigenvalue weighted by Gasteiger charge is 2.31. The van der Waals surface area contributed by atoms with Crippen LogP contribution in [0.2, 0.25) is 0 Å². The van der Waals surface area contributed by atoms with E-state index in [0.717, 1.165) is 19.0 Å². The molecular formula is C16H30N2O. The van der Waals surface area contributed by atoms with Crippen molar-refractivity contribution in [1.29, 1.82) is 0 Å². The molecule has 1 N–H and O–H groups in total. The molecule has 0 spiro atoms. The van der Waals surface area contributed by atoms with E-state index in [9.17, 15) is 5.11 Å². The van der Waals surface area contributed by atoms with Crippen molar-refractivity contribution < 1.29 is 5.11 Å². The minimum atomic E-state index is -0.0353. The second-order valence-corrected chi connectivity index (χ2v) is 6.91. The number of piperidine rings is 1. The molecule has 110 valence electrons. The maximum absolute atomic E-state index is 10.3. The highest BCUT2D eigenvalue weighted by molar-refractivity contribution is 4.87. The molecule has 0 bridgehead atoms. The summed E-state index contributed by atoms with van der Waals surface area (Å²) < 4.78 is 0. The molecule has 3 heteroatoms. The predicted molar refractivity (Wildman–Crippen MR) is 78.2 cm³/mol. The van der Waals surface area contributed by atoms with Gasteiger partial charge in [0.2, 0.25) is 0 Å². The van der Waals surface area contributed by atoms with Crippen LogP contribution in [-0.4, -0.2) is 59.8 Å². The van der Waals surface area contributed by atoms with Crippen molar-refractivity contribution in [3.05, 3.63) is 0 Å². The summed E-state index contributed by atoms with van der Waals surface area (Å²) in [6.07, 6.45) is 10.3. The van der Waals surface area contributed by atoms with Crippen LogP contribution in [0.1, 0.15) is 51.4 Å². The topological polar surface area (TPSA) is 26.7 Å². The Labute approximate surface area is 118 Å². The fraction of sp³-hybridized carbons (Fsp3) is 1.00. The van der Waals surface area contributed by atoms with Gasteiger partial charge in [-0.25, -0.2) is 0 Å². The van der Waals surface area contributed by atoms with Crippen LogP contribution in [0.5, 0.6) is 0 Å². The Balaban J connectivity index is 1.52. The molecule has 3 rings (SSSR count). The van der Waals surface area contributed by atoms with E-state index in [-0.39, 0.29) is 6.10 Å². The van der Waals surface area contributed by atoms with Crippen LogP contribution in [0.15, 0.2) is 0 Å². The van der Waals surface area contributed by atoms with Crippen molar-refractivity contribution in [3.8, 4) is 0 Å². The molecule has 3 fully saturated rings. The minimum Gasteiger partial charge on any atom is -0.393 e. The molecule has 3 unspecified atom stereocenters. The van der Waals surface area contributed by atoms with Gasteiger partial charge in [-0.3, -0.25) is 4.90 Å². The summed E-state index contributed by atoms with van der Waals surface area (Å²) in [7, 11) is 0. The fourth-order valence-electron chi connectivity index (χ4n) is 4.30. The third-order valence-corrected chi connectivity index (χ3v) is 5.53. The SMILES string of the molecule is OC1CCCCCC1CN1CCN2CCCCC2C1. The van der Waals surface area contributed by atoms with Crippen LogP contribution in [0.3, 0.4) is 0 Å². The van der Waals surface area contributed by atoms with Gasteiger partial charge in [-0.1, -0.05) is 25.7 Å². The second-order valence-electron chi connectivity index (χ2n) is 6.91. The Kier molecular flexibility index (Phi) is 4.78. The van der Waals surface area contributed by atoms with E-state index in [1.54, 1.807) is 0 Å². The van der Waals surface area contributed by atoms with E-state index < -0.39 is 0 Å². The van der Waals surface area contributed by atoms with Gasteiger partial charge in [0.1, 0.15) is 0 Å². The summed E-state index contributed by atoms with van der Waals surface area (Å²) in [4.78, 5) is 5.34. The molecule has 3 atom stereocenters. The molecule has 2 heterocycles. The Morgan fingerprint density at radius 2 is 1.68 bits per heavy atom. The molecule has 0 aromatic carbocycles. The van der Waals surface area contributed by atoms with Crippen LogP contribution in [0, 0.1) is 5.92 Å². The lowest BCUT2D eigenvalue weighted by molar-refractivity contribution is 0.0187. The highest BCUT2D eigenvalue weighted by atomic mass is 16.3. The molecule has 0 amide bonds. The first-order valence-corrected chi connectivity index (χ1v) is 8.47. The van der Waals surface area contributed by atoms with Gasteiger partial charge in [0.25, 0.3) is 0 Å². The number of aliphatic hydroxyl groups excluding tert-OH is 1. The summed E-state index contributed by atoms with van der Waals surface area (Å²) >= 11 is 0. The first kappa shape index (κ1) is 13.8. The van der Waals surface area contributed by atoms with E-state index >= 15 is 0 Å². The molecule has 3 nitrogen and oxygen atoms in total. The number of nitrogens with zero attached hydrogens (tertiary/aromatic N) is 2. The van der Waals surface area contributed by atoms with E-state index in [1.165, 1.54) is 71.1 Å². The van der Waals surface area contributed by atoms with Gasteiger partial charge in [-0.15, -0.1) is 0 Å². The molecule has 0 radical (unpaired) electrons. The van der Waals surface area contributed by atoms with E-state index in [2.05, 4.69) is 9.80 Å². The van der Waals surface area contributed by atoms with Crippen molar-refractivity contribution in [1.82, 2.24) is 9.80 Å². The van der Waals surface area contributed by atoms with Gasteiger partial charge in [0, 0.05) is 32.2 Å². The van der Waals surface area contributed by atoms with Crippen molar-refractivity contribution in [3.63, 3.8) is 0 Å². The summed E-state index contributed by atoms with van der Waals surface area (Å²) in [5.41, 5.74) is 0. The van der Waals surface area contributed by atoms with E-state index in [1.807, 2.05) is 0 Å². The van der Waals surface area contributed by atoms with Crippen LogP contribution in [0.4, 0.5) is 0 Å². The molecule has 0 aromatic rings. The maximum atomic E-state index is 10.3. The predicted octanol–water partition coefficient (Wildman–Crippen LogP) is 2.10. The molecule has 1 aliphatic carbocycles. The number of hydrogen-bond acceptors (Lipinski definition) is 3. The highest BCUT2D eigenvalue weighted by Crippen LogP contribution is 2.26. The number of fused-ring (bicyclic) bond motifs is 1. The normalized spacial score (nSPS) is 38.7. The zero-order valence-electron chi connectivity index (χ0n) is 12.3. The first-order valence-electron chi connectivity index (χ1n) is 8.47. The van der Waals surface area contributed by atoms with Crippen molar-refractivity contribution >= 4 is 0 Å². The first-order chi connectivity index (χ1) is 9.33. The molecule has 1 saturated carbocycles. The van der Waals surface area contributed by atoms with Crippen molar-refractivity contribution in [2.24, 2.45) is 5.92 Å². The summed E-state index contributed by atoms with van der Waals surface area (Å²) in [6.45, 7) is 6.20. The fourth-order valence-corrected chi connectivity index (χ4v) is 4.30. The molecule has 19 heavy (non-hydrogen) atoms. The Morgan fingerprint density at radius 1 is 0.842 bits per heavy atom. The zero-order chi connectivity index (χ0) is 13.1. The zero-order valence-corrected chi connectivity index (χ0v) is 12.3. The summed E-state index contributed by atoms with van der Waals surface area (Å²) in [5, 5.41) is 10.3. The number of rotatable bonds is 2. The van der Waals surface area contributed by atoms with Crippen molar-refractivity contribution in [2.75, 3.05) is 32.7 Å². The number of hydrogen-bond donors (Lipinski definition) is 1. The van der Waals surface area contributed by atoms with Gasteiger partial charge in [0.05, 0.1) is 6.10 Å². The third-order valence-electron chi connectivity index (χ3n) is 5.53. The molecule has 3 aliphatic rings. The van der Waals surface area contributed by atoms with E-state index in [4.69, 9.17) is 0 Å². The molecular weight excluding hydrogens is 236 g/mol. The average molecular weight is 266 g/mol. The Morgan fingerprint density at radius 3 is 2.63 bits per heavy atom. The van der Waals surface area contributed by atoms with Crippen LogP contribution < -0.4 is 0 Å². The minimum absolute atomic E-state index is 0.0353. The largest absolute Gasteiger partial charge is 0.393 e. The summed E-state index contributed by atoms with van der Waals surface area (Å²) in [6, 6.07) is 0.811. The van der Waals surface area contributed by atoms with Crippen LogP contribution in [0.25, 0.3) is 0 Å². The standard InChI is InChI=1S/C16H30N2O/c19-16-8-3-1-2-6-14(16)12-17-10-11-18-9-5-4-7-15(18)13-17/h14-16,19H,1-13H2. The lowest BCUT2D eigenvalue weighted by Gasteiger charge is -2.45. The van der Waals surface area contributed by atoms with Crippen molar-refractivity contribution in [2.45, 2.75) is 63.5 Å². The number of piperazine rings is 1. The van der Waals surface area contributed by atoms with Gasteiger partial charge >= 0.3 is 0 Å².